The topological polar surface area (TPSA) is 71.3 Å². The number of carbonyl (C=O) groups is 1. The maximum atomic E-state index is 11.9. The van der Waals surface area contributed by atoms with Crippen LogP contribution in [0.15, 0.2) is 59.2 Å². The minimum atomic E-state index is -0.354. The third kappa shape index (κ3) is 3.43. The van der Waals surface area contributed by atoms with Crippen molar-refractivity contribution in [2.45, 2.75) is 13.8 Å². The van der Waals surface area contributed by atoms with Crippen LogP contribution in [0.1, 0.15) is 23.0 Å². The van der Waals surface area contributed by atoms with Gasteiger partial charge in [0.2, 0.25) is 0 Å². The van der Waals surface area contributed by atoms with Crippen molar-refractivity contribution in [2.24, 2.45) is 0 Å². The molecule has 0 aliphatic carbocycles. The summed E-state index contributed by atoms with van der Waals surface area (Å²) in [6, 6.07) is 15.0. The summed E-state index contributed by atoms with van der Waals surface area (Å²) >= 11 is 0. The third-order valence-corrected chi connectivity index (χ3v) is 3.54. The minimum Gasteiger partial charge on any atom is -0.459 e. The van der Waals surface area contributed by atoms with Gasteiger partial charge in [0.15, 0.2) is 17.4 Å². The van der Waals surface area contributed by atoms with Crippen LogP contribution >= 0.6 is 0 Å². The average Bonchev–Trinajstić information content (AvgIpc) is 3.12. The molecular weight excluding hydrogens is 304 g/mol. The predicted molar refractivity (Wildman–Crippen MR) is 92.6 cm³/mol. The summed E-state index contributed by atoms with van der Waals surface area (Å²) in [7, 11) is 0. The van der Waals surface area contributed by atoms with Crippen molar-refractivity contribution in [3.05, 3.63) is 66.1 Å². The fraction of sp³-hybridized carbons (Fsp3) is 0.167. The number of hydrogen-bond acceptors (Lipinski definition) is 5. The SMILES string of the molecule is CCN(c1cccc(C)c1)c1ccc(NC(=O)c2ccco2)nn1. The van der Waals surface area contributed by atoms with Gasteiger partial charge in [0.05, 0.1) is 6.26 Å². The van der Waals surface area contributed by atoms with Crippen LogP contribution in [-0.4, -0.2) is 22.6 Å². The molecule has 6 nitrogen and oxygen atoms in total. The number of nitrogens with one attached hydrogen (secondary N) is 1. The van der Waals surface area contributed by atoms with E-state index in [0.29, 0.717) is 5.82 Å². The number of anilines is 3. The Morgan fingerprint density at radius 2 is 2.04 bits per heavy atom. The number of aryl methyl sites for hydroxylation is 1. The zero-order valence-corrected chi connectivity index (χ0v) is 13.6. The second kappa shape index (κ2) is 6.95. The summed E-state index contributed by atoms with van der Waals surface area (Å²) in [6.07, 6.45) is 1.45. The Morgan fingerprint density at radius 3 is 2.67 bits per heavy atom. The van der Waals surface area contributed by atoms with Gasteiger partial charge in [-0.25, -0.2) is 0 Å². The van der Waals surface area contributed by atoms with Gasteiger partial charge in [-0.05, 0) is 55.8 Å². The molecule has 0 aliphatic heterocycles. The minimum absolute atomic E-state index is 0.232. The molecular formula is C18H18N4O2. The molecule has 0 aliphatic rings. The average molecular weight is 322 g/mol. The molecule has 24 heavy (non-hydrogen) atoms. The van der Waals surface area contributed by atoms with E-state index < -0.39 is 0 Å². The monoisotopic (exact) mass is 322 g/mol. The van der Waals surface area contributed by atoms with E-state index in [4.69, 9.17) is 4.42 Å². The van der Waals surface area contributed by atoms with E-state index in [1.165, 1.54) is 11.8 Å². The second-order valence-electron chi connectivity index (χ2n) is 5.29. The van der Waals surface area contributed by atoms with E-state index in [2.05, 4.69) is 46.4 Å². The van der Waals surface area contributed by atoms with Gasteiger partial charge in [-0.15, -0.1) is 10.2 Å². The molecule has 2 heterocycles. The highest BCUT2D eigenvalue weighted by molar-refractivity contribution is 6.01. The first-order chi connectivity index (χ1) is 11.7. The first kappa shape index (κ1) is 15.7. The predicted octanol–water partition coefficient (Wildman–Crippen LogP) is 3.79. The Hall–Kier alpha value is -3.15. The molecule has 0 atom stereocenters. The fourth-order valence-corrected chi connectivity index (χ4v) is 2.39. The molecule has 0 saturated carbocycles. The Kier molecular flexibility index (Phi) is 4.56. The van der Waals surface area contributed by atoms with E-state index in [1.54, 1.807) is 18.2 Å². The molecule has 3 aromatic rings. The lowest BCUT2D eigenvalue weighted by Gasteiger charge is -2.22. The molecule has 0 saturated heterocycles. The first-order valence-corrected chi connectivity index (χ1v) is 7.70. The van der Waals surface area contributed by atoms with Crippen LogP contribution in [0, 0.1) is 6.92 Å². The molecule has 0 unspecified atom stereocenters. The number of aromatic nitrogens is 2. The van der Waals surface area contributed by atoms with Gasteiger partial charge in [-0.3, -0.25) is 4.79 Å². The Balaban J connectivity index is 1.76. The summed E-state index contributed by atoms with van der Waals surface area (Å²) in [6.45, 7) is 4.86. The smallest absolute Gasteiger partial charge is 0.292 e. The number of hydrogen-bond donors (Lipinski definition) is 1. The lowest BCUT2D eigenvalue weighted by Crippen LogP contribution is -2.18. The fourth-order valence-electron chi connectivity index (χ4n) is 2.39. The normalized spacial score (nSPS) is 10.4. The first-order valence-electron chi connectivity index (χ1n) is 7.70. The van der Waals surface area contributed by atoms with Crippen molar-refractivity contribution in [1.29, 1.82) is 0 Å². The molecule has 3 rings (SSSR count). The number of rotatable bonds is 5. The van der Waals surface area contributed by atoms with Crippen LogP contribution in [0.2, 0.25) is 0 Å². The molecule has 1 aromatic carbocycles. The standard InChI is InChI=1S/C18H18N4O2/c1-3-22(14-7-4-6-13(2)12-14)17-10-9-16(20-21-17)19-18(23)15-8-5-11-24-15/h4-12H,3H2,1-2H3,(H,19,20,23). The van der Waals surface area contributed by atoms with Crippen LogP contribution in [0.5, 0.6) is 0 Å². The van der Waals surface area contributed by atoms with Gasteiger partial charge >= 0.3 is 0 Å². The Bertz CT molecular complexity index is 813. The van der Waals surface area contributed by atoms with E-state index in [1.807, 2.05) is 18.2 Å². The van der Waals surface area contributed by atoms with E-state index in [0.717, 1.165) is 18.1 Å². The molecule has 0 spiro atoms. The van der Waals surface area contributed by atoms with Crippen LogP contribution in [0.25, 0.3) is 0 Å². The highest BCUT2D eigenvalue weighted by atomic mass is 16.3. The van der Waals surface area contributed by atoms with Gasteiger partial charge in [-0.2, -0.15) is 0 Å². The molecule has 0 fully saturated rings. The summed E-state index contributed by atoms with van der Waals surface area (Å²) in [4.78, 5) is 14.0. The van der Waals surface area contributed by atoms with Crippen molar-refractivity contribution >= 4 is 23.2 Å². The van der Waals surface area contributed by atoms with Crippen molar-refractivity contribution in [3.63, 3.8) is 0 Å². The summed E-state index contributed by atoms with van der Waals surface area (Å²) < 4.78 is 5.05. The van der Waals surface area contributed by atoms with Gasteiger partial charge in [-0.1, -0.05) is 12.1 Å². The van der Waals surface area contributed by atoms with Crippen molar-refractivity contribution in [1.82, 2.24) is 10.2 Å². The van der Waals surface area contributed by atoms with Gasteiger partial charge in [0.1, 0.15) is 0 Å². The number of carbonyl (C=O) groups excluding carboxylic acids is 1. The zero-order chi connectivity index (χ0) is 16.9. The van der Waals surface area contributed by atoms with Crippen LogP contribution in [0.4, 0.5) is 17.3 Å². The maximum absolute atomic E-state index is 11.9. The van der Waals surface area contributed by atoms with Crippen molar-refractivity contribution in [2.75, 3.05) is 16.8 Å². The van der Waals surface area contributed by atoms with Crippen LogP contribution in [-0.2, 0) is 0 Å². The lowest BCUT2D eigenvalue weighted by molar-refractivity contribution is 0.0996. The molecule has 2 aromatic heterocycles. The van der Waals surface area contributed by atoms with Crippen molar-refractivity contribution in [3.8, 4) is 0 Å². The summed E-state index contributed by atoms with van der Waals surface area (Å²) in [5, 5.41) is 11.0. The largest absolute Gasteiger partial charge is 0.459 e. The lowest BCUT2D eigenvalue weighted by atomic mass is 10.2. The maximum Gasteiger partial charge on any atom is 0.292 e. The molecule has 0 bridgehead atoms. The van der Waals surface area contributed by atoms with Crippen LogP contribution in [0.3, 0.4) is 0 Å². The Labute approximate surface area is 140 Å². The van der Waals surface area contributed by atoms with Crippen LogP contribution < -0.4 is 10.2 Å². The van der Waals surface area contributed by atoms with Gasteiger partial charge in [0, 0.05) is 12.2 Å². The Morgan fingerprint density at radius 1 is 1.17 bits per heavy atom. The summed E-state index contributed by atoms with van der Waals surface area (Å²) in [5.41, 5.74) is 2.24. The molecule has 0 radical (unpaired) electrons. The number of furan rings is 1. The molecule has 1 N–H and O–H groups in total. The molecule has 6 heteroatoms. The molecule has 122 valence electrons. The number of amides is 1. The highest BCUT2D eigenvalue weighted by Crippen LogP contribution is 2.24. The van der Waals surface area contributed by atoms with E-state index >= 15 is 0 Å². The number of nitrogens with zero attached hydrogens (tertiary/aromatic N) is 3. The zero-order valence-electron chi connectivity index (χ0n) is 13.6. The highest BCUT2D eigenvalue weighted by Gasteiger charge is 2.12. The van der Waals surface area contributed by atoms with Gasteiger partial charge < -0.3 is 14.6 Å². The van der Waals surface area contributed by atoms with Crippen molar-refractivity contribution < 1.29 is 9.21 Å². The van der Waals surface area contributed by atoms with Gasteiger partial charge in [0.25, 0.3) is 5.91 Å². The quantitative estimate of drug-likeness (QED) is 0.774. The van der Waals surface area contributed by atoms with E-state index in [-0.39, 0.29) is 11.7 Å². The number of benzene rings is 1. The van der Waals surface area contributed by atoms with E-state index in [9.17, 15) is 4.79 Å². The third-order valence-electron chi connectivity index (χ3n) is 3.54. The second-order valence-corrected chi connectivity index (χ2v) is 5.29. The molecule has 1 amide bonds. The summed E-state index contributed by atoms with van der Waals surface area (Å²) in [5.74, 6) is 0.975.